The molecule has 2 heterocycles. The van der Waals surface area contributed by atoms with Crippen molar-refractivity contribution in [1.29, 1.82) is 0 Å². The lowest BCUT2D eigenvalue weighted by atomic mass is 9.86. The van der Waals surface area contributed by atoms with Crippen LogP contribution in [0.2, 0.25) is 0 Å². The smallest absolute Gasteiger partial charge is 0.123 e. The minimum Gasteiger partial charge on any atom is -0.359 e. The standard InChI is InChI=1S/C37H37FN4/c1-4-26(21-30(5-2)39-24(3)19-25-11-7-6-8-12-25)27-17-18-35-33(22-27)37(42-41-35)36-23-32-31(15-10-16-34(32)40-36)28-13-9-14-29(38)20-28/h4-5,9-10,13-18,20-23,25,39-40H,2-3,6-8,11-12,19H2,1H3,(H,41,42)/b26-4+,30-21+. The van der Waals surface area contributed by atoms with E-state index in [1.807, 2.05) is 30.3 Å². The Labute approximate surface area is 246 Å². The normalized spacial score (nSPS) is 14.9. The lowest BCUT2D eigenvalue weighted by Crippen LogP contribution is -2.15. The Bertz CT molecular complexity index is 1830. The summed E-state index contributed by atoms with van der Waals surface area (Å²) in [5.41, 5.74) is 9.67. The summed E-state index contributed by atoms with van der Waals surface area (Å²) in [4.78, 5) is 3.54. The molecule has 6 rings (SSSR count). The van der Waals surface area contributed by atoms with E-state index >= 15 is 0 Å². The van der Waals surface area contributed by atoms with Crippen molar-refractivity contribution in [2.24, 2.45) is 5.92 Å². The predicted octanol–water partition coefficient (Wildman–Crippen LogP) is 10.1. The molecular weight excluding hydrogens is 519 g/mol. The summed E-state index contributed by atoms with van der Waals surface area (Å²) in [5, 5.41) is 13.4. The first-order valence-corrected chi connectivity index (χ1v) is 14.8. The summed E-state index contributed by atoms with van der Waals surface area (Å²) < 4.78 is 14.0. The molecular formula is C37H37FN4. The van der Waals surface area contributed by atoms with Crippen LogP contribution in [0.3, 0.4) is 0 Å². The van der Waals surface area contributed by atoms with Crippen molar-refractivity contribution < 1.29 is 4.39 Å². The number of benzene rings is 3. The number of aromatic amines is 2. The molecule has 0 atom stereocenters. The summed E-state index contributed by atoms with van der Waals surface area (Å²) >= 11 is 0. The van der Waals surface area contributed by atoms with E-state index in [1.54, 1.807) is 12.1 Å². The second-order valence-corrected chi connectivity index (χ2v) is 11.3. The SMILES string of the molecule is C=C/C(=C\C(=C/C)c1ccc2[nH]nc(-c3cc4c(-c5cccc(F)c5)cccc4[nH]3)c2c1)NC(=C)CC1CCCCC1. The van der Waals surface area contributed by atoms with Crippen LogP contribution >= 0.6 is 0 Å². The Balaban J connectivity index is 1.30. The van der Waals surface area contributed by atoms with Gasteiger partial charge >= 0.3 is 0 Å². The van der Waals surface area contributed by atoms with Gasteiger partial charge in [0.15, 0.2) is 0 Å². The van der Waals surface area contributed by atoms with Crippen molar-refractivity contribution in [3.63, 3.8) is 0 Å². The third kappa shape index (κ3) is 5.73. The molecule has 5 aromatic rings. The van der Waals surface area contributed by atoms with Gasteiger partial charge in [-0.1, -0.05) is 81.7 Å². The first-order valence-electron chi connectivity index (χ1n) is 14.8. The highest BCUT2D eigenvalue weighted by molar-refractivity contribution is 6.01. The van der Waals surface area contributed by atoms with E-state index in [-0.39, 0.29) is 5.82 Å². The maximum Gasteiger partial charge on any atom is 0.123 e. The van der Waals surface area contributed by atoms with Crippen molar-refractivity contribution in [1.82, 2.24) is 20.5 Å². The van der Waals surface area contributed by atoms with Gasteiger partial charge in [-0.3, -0.25) is 5.10 Å². The average molecular weight is 557 g/mol. The van der Waals surface area contributed by atoms with E-state index in [2.05, 4.69) is 77.0 Å². The van der Waals surface area contributed by atoms with Crippen LogP contribution < -0.4 is 5.32 Å². The number of hydrogen-bond acceptors (Lipinski definition) is 2. The molecule has 1 fully saturated rings. The van der Waals surface area contributed by atoms with Gasteiger partial charge in [-0.2, -0.15) is 5.10 Å². The van der Waals surface area contributed by atoms with E-state index in [4.69, 9.17) is 0 Å². The van der Waals surface area contributed by atoms with Gasteiger partial charge < -0.3 is 10.3 Å². The van der Waals surface area contributed by atoms with Crippen LogP contribution in [0.5, 0.6) is 0 Å². The third-order valence-electron chi connectivity index (χ3n) is 8.37. The quantitative estimate of drug-likeness (QED) is 0.158. The molecule has 42 heavy (non-hydrogen) atoms. The summed E-state index contributed by atoms with van der Waals surface area (Å²) in [7, 11) is 0. The predicted molar refractivity (Wildman–Crippen MR) is 174 cm³/mol. The summed E-state index contributed by atoms with van der Waals surface area (Å²) in [6.45, 7) is 10.4. The minimum absolute atomic E-state index is 0.247. The molecule has 1 aliphatic rings. The number of fused-ring (bicyclic) bond motifs is 2. The average Bonchev–Trinajstić information content (AvgIpc) is 3.63. The molecule has 0 amide bonds. The highest BCUT2D eigenvalue weighted by Crippen LogP contribution is 2.35. The Morgan fingerprint density at radius 1 is 1.00 bits per heavy atom. The first kappa shape index (κ1) is 27.5. The van der Waals surface area contributed by atoms with E-state index in [1.165, 1.54) is 38.2 Å². The van der Waals surface area contributed by atoms with Crippen molar-refractivity contribution in [2.75, 3.05) is 0 Å². The molecule has 212 valence electrons. The highest BCUT2D eigenvalue weighted by atomic mass is 19.1. The molecule has 1 saturated carbocycles. The summed E-state index contributed by atoms with van der Waals surface area (Å²) in [5.74, 6) is 0.478. The molecule has 2 aromatic heterocycles. The maximum atomic E-state index is 14.0. The van der Waals surface area contributed by atoms with Crippen molar-refractivity contribution >= 4 is 27.4 Å². The maximum absolute atomic E-state index is 14.0. The monoisotopic (exact) mass is 556 g/mol. The van der Waals surface area contributed by atoms with Crippen LogP contribution in [0.25, 0.3) is 49.9 Å². The van der Waals surface area contributed by atoms with E-state index < -0.39 is 0 Å². The summed E-state index contributed by atoms with van der Waals surface area (Å²) in [6, 6.07) is 21.2. The van der Waals surface area contributed by atoms with Crippen LogP contribution in [0, 0.1) is 11.7 Å². The number of halogens is 1. The number of nitrogens with zero attached hydrogens (tertiary/aromatic N) is 1. The van der Waals surface area contributed by atoms with Crippen molar-refractivity contribution in [2.45, 2.75) is 45.4 Å². The van der Waals surface area contributed by atoms with Crippen LogP contribution in [-0.4, -0.2) is 15.2 Å². The Morgan fingerprint density at radius 3 is 2.62 bits per heavy atom. The topological polar surface area (TPSA) is 56.5 Å². The van der Waals surface area contributed by atoms with Gasteiger partial charge in [0.1, 0.15) is 11.5 Å². The lowest BCUT2D eigenvalue weighted by Gasteiger charge is -2.23. The number of rotatable bonds is 9. The van der Waals surface area contributed by atoms with E-state index in [9.17, 15) is 4.39 Å². The molecule has 0 aliphatic heterocycles. The van der Waals surface area contributed by atoms with Gasteiger partial charge in [0.2, 0.25) is 0 Å². The largest absolute Gasteiger partial charge is 0.359 e. The first-order chi connectivity index (χ1) is 20.5. The number of hydrogen-bond donors (Lipinski definition) is 3. The second kappa shape index (κ2) is 12.1. The van der Waals surface area contributed by atoms with Crippen molar-refractivity contribution in [3.05, 3.63) is 121 Å². The Morgan fingerprint density at radius 2 is 1.83 bits per heavy atom. The zero-order valence-electron chi connectivity index (χ0n) is 24.1. The number of aromatic nitrogens is 3. The molecule has 5 heteroatoms. The van der Waals surface area contributed by atoms with Gasteiger partial charge in [0.05, 0.1) is 11.2 Å². The van der Waals surface area contributed by atoms with Gasteiger partial charge in [-0.25, -0.2) is 4.39 Å². The molecule has 0 saturated heterocycles. The molecule has 0 bridgehead atoms. The van der Waals surface area contributed by atoms with E-state index in [0.717, 1.165) is 79.2 Å². The van der Waals surface area contributed by atoms with Gasteiger partial charge in [-0.05, 0) is 90.1 Å². The van der Waals surface area contributed by atoms with Gasteiger partial charge in [0.25, 0.3) is 0 Å². The van der Waals surface area contributed by atoms with Crippen molar-refractivity contribution in [3.8, 4) is 22.5 Å². The third-order valence-corrected chi connectivity index (χ3v) is 8.37. The molecule has 0 unspecified atom stereocenters. The fourth-order valence-electron chi connectivity index (χ4n) is 6.23. The molecule has 4 nitrogen and oxygen atoms in total. The molecule has 1 aliphatic carbocycles. The fraction of sp³-hybridized carbons (Fsp3) is 0.216. The van der Waals surface area contributed by atoms with Crippen LogP contribution in [0.15, 0.2) is 110 Å². The highest BCUT2D eigenvalue weighted by Gasteiger charge is 2.16. The Kier molecular flexibility index (Phi) is 7.91. The number of allylic oxidation sites excluding steroid dienone is 5. The molecule has 0 radical (unpaired) electrons. The second-order valence-electron chi connectivity index (χ2n) is 11.3. The summed E-state index contributed by atoms with van der Waals surface area (Å²) in [6.07, 6.45) is 13.7. The zero-order valence-corrected chi connectivity index (χ0v) is 24.1. The van der Waals surface area contributed by atoms with Crippen LogP contribution in [0.4, 0.5) is 4.39 Å². The van der Waals surface area contributed by atoms with Gasteiger partial charge in [0, 0.05) is 27.7 Å². The lowest BCUT2D eigenvalue weighted by molar-refractivity contribution is 0.353. The van der Waals surface area contributed by atoms with Crippen LogP contribution in [0.1, 0.15) is 51.0 Å². The number of nitrogens with one attached hydrogen (secondary N) is 3. The molecule has 0 spiro atoms. The van der Waals surface area contributed by atoms with E-state index in [0.29, 0.717) is 0 Å². The van der Waals surface area contributed by atoms with Gasteiger partial charge in [-0.15, -0.1) is 0 Å². The minimum atomic E-state index is -0.247. The zero-order chi connectivity index (χ0) is 29.1. The fourth-order valence-corrected chi connectivity index (χ4v) is 6.23. The Hall–Kier alpha value is -4.64. The number of H-pyrrole nitrogens is 2. The molecule has 3 aromatic carbocycles. The molecule has 3 N–H and O–H groups in total. The van der Waals surface area contributed by atoms with Crippen LogP contribution in [-0.2, 0) is 0 Å².